The molecule has 1 aliphatic heterocycles. The third kappa shape index (κ3) is 0.877. The van der Waals surface area contributed by atoms with Crippen LogP contribution in [0, 0.1) is 0 Å². The van der Waals surface area contributed by atoms with Gasteiger partial charge in [-0.25, -0.2) is 0 Å². The molecule has 0 amide bonds. The minimum Gasteiger partial charge on any atom is -0.322 e. The van der Waals surface area contributed by atoms with E-state index in [-0.39, 0.29) is 11.6 Å². The molecule has 1 aromatic heterocycles. The largest absolute Gasteiger partial charge is 0.322 e. The summed E-state index contributed by atoms with van der Waals surface area (Å²) in [5, 5.41) is 0. The lowest BCUT2D eigenvalue weighted by Crippen LogP contribution is -2.14. The van der Waals surface area contributed by atoms with E-state index in [1.165, 1.54) is 6.07 Å². The van der Waals surface area contributed by atoms with Crippen LogP contribution in [0.2, 0.25) is 0 Å². The Morgan fingerprint density at radius 1 is 1.55 bits per heavy atom. The molecule has 1 aliphatic rings. The summed E-state index contributed by atoms with van der Waals surface area (Å²) in [5.41, 5.74) is 6.93. The number of H-pyrrole nitrogens is 1. The van der Waals surface area contributed by atoms with Gasteiger partial charge in [-0.1, -0.05) is 0 Å². The molecule has 2 heterocycles. The lowest BCUT2D eigenvalue weighted by Gasteiger charge is -1.99. The summed E-state index contributed by atoms with van der Waals surface area (Å²) in [7, 11) is 0. The van der Waals surface area contributed by atoms with Crippen LogP contribution in [0.5, 0.6) is 0 Å². The van der Waals surface area contributed by atoms with Gasteiger partial charge in [0.25, 0.3) is 0 Å². The Kier molecular flexibility index (Phi) is 1.16. The van der Waals surface area contributed by atoms with Crippen LogP contribution >= 0.6 is 0 Å². The Labute approximate surface area is 62.8 Å². The number of hydrogen-bond acceptors (Lipinski definition) is 3. The fraction of sp³-hybridized carbons (Fsp3) is 0.143. The number of nitrogens with two attached hydrogens (primary N) is 1. The number of fused-ring (bicyclic) bond motifs is 1. The van der Waals surface area contributed by atoms with Crippen LogP contribution < -0.4 is 11.3 Å². The van der Waals surface area contributed by atoms with Gasteiger partial charge in [0.1, 0.15) is 0 Å². The smallest absolute Gasteiger partial charge is 0.248 e. The van der Waals surface area contributed by atoms with Gasteiger partial charge < -0.3 is 10.7 Å². The summed E-state index contributed by atoms with van der Waals surface area (Å²) in [5.74, 6) is 0. The molecule has 1 unspecified atom stereocenters. The van der Waals surface area contributed by atoms with Crippen molar-refractivity contribution in [2.75, 3.05) is 0 Å². The first kappa shape index (κ1) is 6.30. The maximum absolute atomic E-state index is 10.8. The second-order valence-electron chi connectivity index (χ2n) is 2.43. The zero-order valence-corrected chi connectivity index (χ0v) is 5.74. The first-order chi connectivity index (χ1) is 5.27. The highest BCUT2D eigenvalue weighted by molar-refractivity contribution is 5.78. The van der Waals surface area contributed by atoms with Crippen LogP contribution in [0.25, 0.3) is 0 Å². The van der Waals surface area contributed by atoms with Crippen molar-refractivity contribution in [3.05, 3.63) is 28.2 Å². The molecule has 4 heteroatoms. The van der Waals surface area contributed by atoms with Crippen molar-refractivity contribution in [2.24, 2.45) is 10.7 Å². The van der Waals surface area contributed by atoms with Crippen LogP contribution in [-0.2, 0) is 0 Å². The van der Waals surface area contributed by atoms with E-state index < -0.39 is 0 Å². The number of pyridine rings is 1. The molecule has 1 atom stereocenters. The molecule has 0 saturated carbocycles. The van der Waals surface area contributed by atoms with Crippen molar-refractivity contribution in [3.63, 3.8) is 0 Å². The zero-order valence-electron chi connectivity index (χ0n) is 5.74. The van der Waals surface area contributed by atoms with Crippen molar-refractivity contribution in [1.29, 1.82) is 0 Å². The van der Waals surface area contributed by atoms with Gasteiger partial charge in [0.05, 0.1) is 17.4 Å². The molecule has 0 radical (unpaired) electrons. The number of nitrogens with one attached hydrogen (secondary N) is 1. The van der Waals surface area contributed by atoms with Gasteiger partial charge in [-0.3, -0.25) is 9.79 Å². The van der Waals surface area contributed by atoms with E-state index in [1.807, 2.05) is 0 Å². The van der Waals surface area contributed by atoms with Crippen molar-refractivity contribution < 1.29 is 0 Å². The SMILES string of the molecule is NC1C=Nc2ccc(=O)[nH]c21. The van der Waals surface area contributed by atoms with Crippen LogP contribution in [0.3, 0.4) is 0 Å². The Morgan fingerprint density at radius 2 is 2.36 bits per heavy atom. The van der Waals surface area contributed by atoms with Crippen LogP contribution in [0.1, 0.15) is 11.7 Å². The number of aromatic nitrogens is 1. The van der Waals surface area contributed by atoms with E-state index in [9.17, 15) is 4.79 Å². The van der Waals surface area contributed by atoms with Crippen molar-refractivity contribution in [2.45, 2.75) is 6.04 Å². The molecule has 0 saturated heterocycles. The third-order valence-corrected chi connectivity index (χ3v) is 1.63. The molecule has 4 nitrogen and oxygen atoms in total. The molecule has 3 N–H and O–H groups in total. The van der Waals surface area contributed by atoms with Crippen molar-refractivity contribution in [3.8, 4) is 0 Å². The summed E-state index contributed by atoms with van der Waals surface area (Å²) in [6, 6.07) is 2.85. The summed E-state index contributed by atoms with van der Waals surface area (Å²) < 4.78 is 0. The average molecular weight is 149 g/mol. The molecule has 56 valence electrons. The van der Waals surface area contributed by atoms with Gasteiger partial charge in [-0.05, 0) is 6.07 Å². The summed E-state index contributed by atoms with van der Waals surface area (Å²) >= 11 is 0. The topological polar surface area (TPSA) is 71.2 Å². The van der Waals surface area contributed by atoms with Gasteiger partial charge in [-0.15, -0.1) is 0 Å². The van der Waals surface area contributed by atoms with Gasteiger partial charge in [-0.2, -0.15) is 0 Å². The Balaban J connectivity index is 2.67. The predicted molar refractivity (Wildman–Crippen MR) is 42.1 cm³/mol. The Bertz CT molecular complexity index is 366. The highest BCUT2D eigenvalue weighted by Gasteiger charge is 2.14. The molecule has 1 aromatic rings. The predicted octanol–water partition coefficient (Wildman–Crippen LogP) is 0.0906. The van der Waals surface area contributed by atoms with Crippen molar-refractivity contribution in [1.82, 2.24) is 4.98 Å². The first-order valence-corrected chi connectivity index (χ1v) is 3.30. The summed E-state index contributed by atoms with van der Waals surface area (Å²) in [4.78, 5) is 17.4. The number of rotatable bonds is 0. The molecule has 2 rings (SSSR count). The number of nitrogens with zero attached hydrogens (tertiary/aromatic N) is 1. The van der Waals surface area contributed by atoms with E-state index >= 15 is 0 Å². The highest BCUT2D eigenvalue weighted by atomic mass is 16.1. The fourth-order valence-corrected chi connectivity index (χ4v) is 1.08. The zero-order chi connectivity index (χ0) is 7.84. The Morgan fingerprint density at radius 3 is 3.18 bits per heavy atom. The second-order valence-corrected chi connectivity index (χ2v) is 2.43. The minimum atomic E-state index is -0.251. The monoisotopic (exact) mass is 149 g/mol. The molecule has 0 spiro atoms. The van der Waals surface area contributed by atoms with Crippen molar-refractivity contribution >= 4 is 11.9 Å². The number of aromatic amines is 1. The van der Waals surface area contributed by atoms with E-state index in [0.29, 0.717) is 5.69 Å². The van der Waals surface area contributed by atoms with E-state index in [2.05, 4.69) is 9.98 Å². The summed E-state index contributed by atoms with van der Waals surface area (Å²) in [6.45, 7) is 0. The molecule has 0 aromatic carbocycles. The fourth-order valence-electron chi connectivity index (χ4n) is 1.08. The molecule has 11 heavy (non-hydrogen) atoms. The maximum atomic E-state index is 10.8. The molecule has 0 bridgehead atoms. The normalized spacial score (nSPS) is 20.3. The Hall–Kier alpha value is -1.42. The van der Waals surface area contributed by atoms with Crippen LogP contribution in [0.15, 0.2) is 21.9 Å². The second kappa shape index (κ2) is 2.03. The van der Waals surface area contributed by atoms with Crippen LogP contribution in [0.4, 0.5) is 5.69 Å². The standard InChI is InChI=1S/C7H7N3O/c8-4-3-9-5-1-2-6(11)10-7(4)5/h1-4H,8H2,(H,10,11). The van der Waals surface area contributed by atoms with Gasteiger partial charge in [0, 0.05) is 12.3 Å². The van der Waals surface area contributed by atoms with Gasteiger partial charge in [0.15, 0.2) is 0 Å². The number of hydrogen-bond donors (Lipinski definition) is 2. The first-order valence-electron chi connectivity index (χ1n) is 3.30. The maximum Gasteiger partial charge on any atom is 0.248 e. The van der Waals surface area contributed by atoms with E-state index in [0.717, 1.165) is 5.69 Å². The lowest BCUT2D eigenvalue weighted by atomic mass is 10.2. The van der Waals surface area contributed by atoms with Gasteiger partial charge >= 0.3 is 0 Å². The highest BCUT2D eigenvalue weighted by Crippen LogP contribution is 2.24. The average Bonchev–Trinajstić information content (AvgIpc) is 2.33. The van der Waals surface area contributed by atoms with E-state index in [1.54, 1.807) is 12.3 Å². The van der Waals surface area contributed by atoms with Gasteiger partial charge in [0.2, 0.25) is 5.56 Å². The van der Waals surface area contributed by atoms with E-state index in [4.69, 9.17) is 5.73 Å². The molecular formula is C7H7N3O. The molecule has 0 fully saturated rings. The van der Waals surface area contributed by atoms with Crippen LogP contribution in [-0.4, -0.2) is 11.2 Å². The third-order valence-electron chi connectivity index (χ3n) is 1.63. The minimum absolute atomic E-state index is 0.135. The lowest BCUT2D eigenvalue weighted by molar-refractivity contribution is 0.935. The quantitative estimate of drug-likeness (QED) is 0.548. The molecule has 0 aliphatic carbocycles. The molecular weight excluding hydrogens is 142 g/mol. The number of aliphatic imine (C=N–C) groups is 1. The summed E-state index contributed by atoms with van der Waals surface area (Å²) in [6.07, 6.45) is 1.61.